The molecule has 0 fully saturated rings. The molecule has 21 heavy (non-hydrogen) atoms. The normalized spacial score (nSPS) is 11.7. The zero-order chi connectivity index (χ0) is 15.2. The van der Waals surface area contributed by atoms with Gasteiger partial charge in [-0.2, -0.15) is 0 Å². The van der Waals surface area contributed by atoms with Crippen LogP contribution in [0.4, 0.5) is 4.39 Å². The van der Waals surface area contributed by atoms with Crippen molar-refractivity contribution in [1.29, 1.82) is 0 Å². The molecule has 5 nitrogen and oxygen atoms in total. The molecular weight excluding hydrogens is 275 g/mol. The van der Waals surface area contributed by atoms with E-state index in [2.05, 4.69) is 10.3 Å². The number of amides is 1. The summed E-state index contributed by atoms with van der Waals surface area (Å²) in [6.45, 7) is 0. The maximum atomic E-state index is 13.1. The molecule has 1 aromatic carbocycles. The highest BCUT2D eigenvalue weighted by molar-refractivity contribution is 5.94. The maximum Gasteiger partial charge on any atom is 0.305 e. The van der Waals surface area contributed by atoms with Crippen molar-refractivity contribution in [2.45, 2.75) is 12.5 Å². The third kappa shape index (κ3) is 4.10. The van der Waals surface area contributed by atoms with Crippen LogP contribution < -0.4 is 5.32 Å². The van der Waals surface area contributed by atoms with Crippen LogP contribution in [-0.2, 0) is 4.79 Å². The quantitative estimate of drug-likeness (QED) is 0.883. The number of rotatable bonds is 5. The fraction of sp³-hybridized carbons (Fsp3) is 0.133. The summed E-state index contributed by atoms with van der Waals surface area (Å²) in [5.41, 5.74) is 0.707. The Morgan fingerprint density at radius 1 is 1.24 bits per heavy atom. The number of carbonyl (C=O) groups is 2. The van der Waals surface area contributed by atoms with Gasteiger partial charge in [0.05, 0.1) is 24.2 Å². The van der Waals surface area contributed by atoms with Crippen molar-refractivity contribution in [3.8, 4) is 0 Å². The van der Waals surface area contributed by atoms with Gasteiger partial charge in [0.1, 0.15) is 5.82 Å². The SMILES string of the molecule is O=C(O)CC(NC(=O)c1cncc(F)c1)c1ccccc1. The van der Waals surface area contributed by atoms with Crippen molar-refractivity contribution in [1.82, 2.24) is 10.3 Å². The molecule has 0 aliphatic heterocycles. The zero-order valence-electron chi connectivity index (χ0n) is 11.0. The predicted octanol–water partition coefficient (Wildman–Crippen LogP) is 2.17. The van der Waals surface area contributed by atoms with Crippen molar-refractivity contribution < 1.29 is 19.1 Å². The summed E-state index contributed by atoms with van der Waals surface area (Å²) in [5, 5.41) is 11.5. The van der Waals surface area contributed by atoms with Crippen molar-refractivity contribution in [3.05, 3.63) is 65.7 Å². The zero-order valence-corrected chi connectivity index (χ0v) is 11.0. The predicted molar refractivity (Wildman–Crippen MR) is 73.1 cm³/mol. The van der Waals surface area contributed by atoms with Gasteiger partial charge >= 0.3 is 5.97 Å². The largest absolute Gasteiger partial charge is 0.481 e. The fourth-order valence-electron chi connectivity index (χ4n) is 1.89. The summed E-state index contributed by atoms with van der Waals surface area (Å²) in [5.74, 6) is -2.24. The number of carboxylic acids is 1. The number of carbonyl (C=O) groups excluding carboxylic acids is 1. The smallest absolute Gasteiger partial charge is 0.305 e. The number of nitrogens with zero attached hydrogens (tertiary/aromatic N) is 1. The van der Waals surface area contributed by atoms with Crippen LogP contribution in [0, 0.1) is 5.82 Å². The highest BCUT2D eigenvalue weighted by atomic mass is 19.1. The third-order valence-corrected chi connectivity index (χ3v) is 2.85. The van der Waals surface area contributed by atoms with Crippen LogP contribution in [0.25, 0.3) is 0 Å². The molecule has 2 N–H and O–H groups in total. The summed E-state index contributed by atoms with van der Waals surface area (Å²) >= 11 is 0. The standard InChI is InChI=1S/C15H13FN2O3/c16-12-6-11(8-17-9-12)15(21)18-13(7-14(19)20)10-4-2-1-3-5-10/h1-6,8-9,13H,7H2,(H,18,21)(H,19,20). The minimum Gasteiger partial charge on any atom is -0.481 e. The van der Waals surface area contributed by atoms with E-state index in [-0.39, 0.29) is 12.0 Å². The van der Waals surface area contributed by atoms with Gasteiger partial charge in [-0.25, -0.2) is 4.39 Å². The molecule has 0 aliphatic carbocycles. The lowest BCUT2D eigenvalue weighted by molar-refractivity contribution is -0.137. The second kappa shape index (κ2) is 6.60. The molecule has 0 bridgehead atoms. The molecule has 108 valence electrons. The van der Waals surface area contributed by atoms with Crippen LogP contribution in [0.1, 0.15) is 28.4 Å². The van der Waals surface area contributed by atoms with Crippen LogP contribution in [-0.4, -0.2) is 22.0 Å². The van der Waals surface area contributed by atoms with E-state index in [0.29, 0.717) is 5.56 Å². The minimum absolute atomic E-state index is 0.0429. The number of hydrogen-bond acceptors (Lipinski definition) is 3. The molecule has 0 saturated heterocycles. The van der Waals surface area contributed by atoms with Gasteiger partial charge in [-0.3, -0.25) is 14.6 Å². The Balaban J connectivity index is 2.19. The number of carboxylic acid groups (broad SMARTS) is 1. The third-order valence-electron chi connectivity index (χ3n) is 2.85. The first kappa shape index (κ1) is 14.6. The highest BCUT2D eigenvalue weighted by Gasteiger charge is 2.19. The van der Waals surface area contributed by atoms with E-state index in [1.807, 2.05) is 0 Å². The number of aliphatic carboxylic acids is 1. The summed E-state index contributed by atoms with van der Waals surface area (Å²) in [4.78, 5) is 26.6. The van der Waals surface area contributed by atoms with Crippen LogP contribution in [0.2, 0.25) is 0 Å². The monoisotopic (exact) mass is 288 g/mol. The van der Waals surface area contributed by atoms with Crippen LogP contribution in [0.15, 0.2) is 48.8 Å². The van der Waals surface area contributed by atoms with E-state index in [4.69, 9.17) is 5.11 Å². The topological polar surface area (TPSA) is 79.3 Å². The van der Waals surface area contributed by atoms with E-state index in [1.54, 1.807) is 30.3 Å². The Bertz CT molecular complexity index is 646. The summed E-state index contributed by atoms with van der Waals surface area (Å²) in [7, 11) is 0. The van der Waals surface area contributed by atoms with Crippen molar-refractivity contribution in [2.75, 3.05) is 0 Å². The van der Waals surface area contributed by atoms with E-state index in [9.17, 15) is 14.0 Å². The van der Waals surface area contributed by atoms with Gasteiger partial charge in [-0.05, 0) is 11.6 Å². The molecule has 0 aliphatic rings. The number of hydrogen-bond donors (Lipinski definition) is 2. The summed E-state index contributed by atoms with van der Waals surface area (Å²) < 4.78 is 13.1. The van der Waals surface area contributed by atoms with Crippen molar-refractivity contribution >= 4 is 11.9 Å². The Morgan fingerprint density at radius 2 is 1.95 bits per heavy atom. The lowest BCUT2D eigenvalue weighted by atomic mass is 10.0. The molecule has 6 heteroatoms. The fourth-order valence-corrected chi connectivity index (χ4v) is 1.89. The van der Waals surface area contributed by atoms with Crippen LogP contribution >= 0.6 is 0 Å². The maximum absolute atomic E-state index is 13.1. The van der Waals surface area contributed by atoms with Gasteiger partial charge in [0.25, 0.3) is 5.91 Å². The molecule has 0 radical (unpaired) electrons. The van der Waals surface area contributed by atoms with Gasteiger partial charge in [-0.15, -0.1) is 0 Å². The van der Waals surface area contributed by atoms with Gasteiger partial charge in [0.15, 0.2) is 0 Å². The summed E-state index contributed by atoms with van der Waals surface area (Å²) in [6, 6.07) is 9.08. The highest BCUT2D eigenvalue weighted by Crippen LogP contribution is 2.17. The van der Waals surface area contributed by atoms with Crippen LogP contribution in [0.5, 0.6) is 0 Å². The Morgan fingerprint density at radius 3 is 2.57 bits per heavy atom. The Kier molecular flexibility index (Phi) is 4.61. The van der Waals surface area contributed by atoms with E-state index < -0.39 is 23.7 Å². The molecule has 1 heterocycles. The number of aromatic nitrogens is 1. The lowest BCUT2D eigenvalue weighted by Gasteiger charge is -2.17. The first-order valence-electron chi connectivity index (χ1n) is 6.24. The van der Waals surface area contributed by atoms with E-state index in [1.165, 1.54) is 6.20 Å². The number of nitrogens with one attached hydrogen (secondary N) is 1. The van der Waals surface area contributed by atoms with Crippen molar-refractivity contribution in [2.24, 2.45) is 0 Å². The summed E-state index contributed by atoms with van der Waals surface area (Å²) in [6.07, 6.45) is 1.95. The number of pyridine rings is 1. The van der Waals surface area contributed by atoms with E-state index >= 15 is 0 Å². The van der Waals surface area contributed by atoms with Crippen molar-refractivity contribution in [3.63, 3.8) is 0 Å². The van der Waals surface area contributed by atoms with Gasteiger partial charge in [-0.1, -0.05) is 30.3 Å². The molecule has 1 aromatic heterocycles. The molecule has 2 aromatic rings. The first-order chi connectivity index (χ1) is 10.1. The van der Waals surface area contributed by atoms with Gasteiger partial charge < -0.3 is 10.4 Å². The van der Waals surface area contributed by atoms with E-state index in [0.717, 1.165) is 12.3 Å². The lowest BCUT2D eigenvalue weighted by Crippen LogP contribution is -2.30. The average molecular weight is 288 g/mol. The minimum atomic E-state index is -1.04. The molecule has 1 amide bonds. The second-order valence-electron chi connectivity index (χ2n) is 4.43. The molecule has 2 rings (SSSR count). The molecule has 0 spiro atoms. The van der Waals surface area contributed by atoms with Gasteiger partial charge in [0, 0.05) is 6.20 Å². The van der Waals surface area contributed by atoms with Crippen LogP contribution in [0.3, 0.4) is 0 Å². The first-order valence-corrected chi connectivity index (χ1v) is 6.24. The van der Waals surface area contributed by atoms with Gasteiger partial charge in [0.2, 0.25) is 0 Å². The molecule has 1 atom stereocenters. The second-order valence-corrected chi connectivity index (χ2v) is 4.43. The Hall–Kier alpha value is -2.76. The molecular formula is C15H13FN2O3. The number of benzene rings is 1. The molecule has 1 unspecified atom stereocenters. The average Bonchev–Trinajstić information content (AvgIpc) is 2.47. The Labute approximate surface area is 120 Å². The number of halogens is 1. The molecule has 0 saturated carbocycles.